The van der Waals surface area contributed by atoms with Gasteiger partial charge in [-0.2, -0.15) is 0 Å². The Balaban J connectivity index is 2.17. The number of methoxy groups -OCH3 is 2. The molecule has 7 nitrogen and oxygen atoms in total. The van der Waals surface area contributed by atoms with Gasteiger partial charge in [0.05, 0.1) is 14.2 Å². The van der Waals surface area contributed by atoms with Gasteiger partial charge in [-0.1, -0.05) is 12.1 Å². The third kappa shape index (κ3) is 4.26. The van der Waals surface area contributed by atoms with E-state index in [1.165, 1.54) is 20.4 Å². The van der Waals surface area contributed by atoms with Gasteiger partial charge in [-0.15, -0.1) is 0 Å². The van der Waals surface area contributed by atoms with Gasteiger partial charge in [-0.25, -0.2) is 9.78 Å². The molecule has 0 aliphatic heterocycles. The lowest BCUT2D eigenvalue weighted by molar-refractivity contribution is -0.142. The molecule has 0 saturated carbocycles. The Morgan fingerprint density at radius 1 is 1.13 bits per heavy atom. The van der Waals surface area contributed by atoms with E-state index in [1.807, 2.05) is 0 Å². The van der Waals surface area contributed by atoms with Gasteiger partial charge in [0.25, 0.3) is 5.91 Å². The predicted molar refractivity (Wildman–Crippen MR) is 82.0 cm³/mol. The lowest BCUT2D eigenvalue weighted by Crippen LogP contribution is -2.43. The summed E-state index contributed by atoms with van der Waals surface area (Å²) >= 11 is 0. The topological polar surface area (TPSA) is 90.4 Å². The van der Waals surface area contributed by atoms with Crippen LogP contribution in [0.5, 0.6) is 5.88 Å². The van der Waals surface area contributed by atoms with Gasteiger partial charge in [0.2, 0.25) is 5.88 Å². The van der Waals surface area contributed by atoms with Crippen molar-refractivity contribution >= 4 is 11.9 Å². The fourth-order valence-electron chi connectivity index (χ4n) is 2.05. The highest BCUT2D eigenvalue weighted by Gasteiger charge is 2.24. The molecule has 1 atom stereocenters. The highest BCUT2D eigenvalue weighted by Crippen LogP contribution is 2.16. The molecule has 0 spiro atoms. The zero-order valence-corrected chi connectivity index (χ0v) is 12.9. The van der Waals surface area contributed by atoms with E-state index in [0.29, 0.717) is 11.4 Å². The number of pyridine rings is 2. The quantitative estimate of drug-likeness (QED) is 0.800. The number of rotatable bonds is 6. The van der Waals surface area contributed by atoms with Crippen molar-refractivity contribution in [3.8, 4) is 5.88 Å². The Hall–Kier alpha value is -2.96. The number of esters is 1. The first-order valence-corrected chi connectivity index (χ1v) is 6.93. The summed E-state index contributed by atoms with van der Waals surface area (Å²) in [5.41, 5.74) is 0.909. The lowest BCUT2D eigenvalue weighted by Gasteiger charge is -2.17. The third-order valence-electron chi connectivity index (χ3n) is 3.16. The van der Waals surface area contributed by atoms with Crippen LogP contribution in [0.3, 0.4) is 0 Å². The standard InChI is InChI=1S/C16H17N3O4/c1-22-15-11(6-5-9-18-15)10-13(16(21)23-2)19-14(20)12-7-3-4-8-17-12/h3-9,13H,10H2,1-2H3,(H,19,20)/t13-/m1/s1. The first kappa shape index (κ1) is 16.4. The molecule has 120 valence electrons. The van der Waals surface area contributed by atoms with Crippen molar-refractivity contribution in [1.82, 2.24) is 15.3 Å². The fraction of sp³-hybridized carbons (Fsp3) is 0.250. The monoisotopic (exact) mass is 315 g/mol. The van der Waals surface area contributed by atoms with Crippen LogP contribution in [0.25, 0.3) is 0 Å². The lowest BCUT2D eigenvalue weighted by atomic mass is 10.1. The number of aromatic nitrogens is 2. The first-order chi connectivity index (χ1) is 11.2. The van der Waals surface area contributed by atoms with Crippen LogP contribution in [0.15, 0.2) is 42.7 Å². The molecule has 0 aliphatic carbocycles. The molecule has 2 heterocycles. The van der Waals surface area contributed by atoms with Crippen molar-refractivity contribution in [1.29, 1.82) is 0 Å². The molecule has 0 saturated heterocycles. The van der Waals surface area contributed by atoms with E-state index in [-0.39, 0.29) is 12.1 Å². The number of carbonyl (C=O) groups is 2. The first-order valence-electron chi connectivity index (χ1n) is 6.93. The van der Waals surface area contributed by atoms with E-state index in [0.717, 1.165) is 0 Å². The van der Waals surface area contributed by atoms with Crippen molar-refractivity contribution in [2.24, 2.45) is 0 Å². The van der Waals surface area contributed by atoms with Crippen molar-refractivity contribution < 1.29 is 19.1 Å². The van der Waals surface area contributed by atoms with Crippen LogP contribution in [-0.2, 0) is 16.0 Å². The molecule has 2 aromatic heterocycles. The summed E-state index contributed by atoms with van der Waals surface area (Å²) in [6.07, 6.45) is 3.29. The number of hydrogen-bond acceptors (Lipinski definition) is 6. The van der Waals surface area contributed by atoms with E-state index in [4.69, 9.17) is 9.47 Å². The van der Waals surface area contributed by atoms with E-state index < -0.39 is 17.9 Å². The summed E-state index contributed by atoms with van der Waals surface area (Å²) in [5.74, 6) is -0.613. The molecule has 0 aliphatic rings. The van der Waals surface area contributed by atoms with Gasteiger partial charge in [-0.3, -0.25) is 9.78 Å². The van der Waals surface area contributed by atoms with Gasteiger partial charge in [0.1, 0.15) is 11.7 Å². The zero-order chi connectivity index (χ0) is 16.7. The molecule has 1 amide bonds. The zero-order valence-electron chi connectivity index (χ0n) is 12.9. The highest BCUT2D eigenvalue weighted by atomic mass is 16.5. The summed E-state index contributed by atoms with van der Waals surface area (Å²) in [4.78, 5) is 32.2. The second-order valence-electron chi connectivity index (χ2n) is 4.64. The van der Waals surface area contributed by atoms with Gasteiger partial charge in [-0.05, 0) is 18.2 Å². The summed E-state index contributed by atoms with van der Waals surface area (Å²) < 4.78 is 9.92. The molecule has 0 bridgehead atoms. The van der Waals surface area contributed by atoms with Gasteiger partial charge in [0, 0.05) is 24.4 Å². The average molecular weight is 315 g/mol. The molecule has 2 aromatic rings. The van der Waals surface area contributed by atoms with Crippen LogP contribution in [0.4, 0.5) is 0 Å². The molecule has 23 heavy (non-hydrogen) atoms. The normalized spacial score (nSPS) is 11.4. The van der Waals surface area contributed by atoms with Crippen molar-refractivity contribution in [3.63, 3.8) is 0 Å². The van der Waals surface area contributed by atoms with E-state index in [2.05, 4.69) is 15.3 Å². The molecule has 1 N–H and O–H groups in total. The second kappa shape index (κ2) is 7.88. The van der Waals surface area contributed by atoms with Crippen LogP contribution < -0.4 is 10.1 Å². The van der Waals surface area contributed by atoms with Gasteiger partial charge >= 0.3 is 5.97 Å². The Labute approximate surface area is 133 Å². The number of nitrogens with one attached hydrogen (secondary N) is 1. The Kier molecular flexibility index (Phi) is 5.62. The van der Waals surface area contributed by atoms with E-state index in [9.17, 15) is 9.59 Å². The summed E-state index contributed by atoms with van der Waals surface area (Å²) in [7, 11) is 2.76. The SMILES string of the molecule is COC(=O)[C@@H](Cc1cccnc1OC)NC(=O)c1ccccn1. The summed E-state index contributed by atoms with van der Waals surface area (Å²) in [6, 6.07) is 7.59. The predicted octanol–water partition coefficient (Wildman–Crippen LogP) is 0.999. The van der Waals surface area contributed by atoms with E-state index in [1.54, 1.807) is 36.5 Å². The number of nitrogens with zero attached hydrogens (tertiary/aromatic N) is 2. The Morgan fingerprint density at radius 3 is 2.57 bits per heavy atom. The van der Waals surface area contributed by atoms with Crippen LogP contribution in [0, 0.1) is 0 Å². The fourth-order valence-corrected chi connectivity index (χ4v) is 2.05. The Bertz CT molecular complexity index is 676. The maximum Gasteiger partial charge on any atom is 0.328 e. The molecule has 0 fully saturated rings. The van der Waals surface area contributed by atoms with Crippen molar-refractivity contribution in [2.75, 3.05) is 14.2 Å². The average Bonchev–Trinajstić information content (AvgIpc) is 2.61. The van der Waals surface area contributed by atoms with Crippen molar-refractivity contribution in [2.45, 2.75) is 12.5 Å². The summed E-state index contributed by atoms with van der Waals surface area (Å²) in [6.45, 7) is 0. The van der Waals surface area contributed by atoms with Crippen LogP contribution in [0.2, 0.25) is 0 Å². The molecular formula is C16H17N3O4. The number of carbonyl (C=O) groups excluding carboxylic acids is 2. The van der Waals surface area contributed by atoms with Gasteiger partial charge < -0.3 is 14.8 Å². The third-order valence-corrected chi connectivity index (χ3v) is 3.16. The second-order valence-corrected chi connectivity index (χ2v) is 4.64. The molecule has 2 rings (SSSR count). The molecular weight excluding hydrogens is 298 g/mol. The maximum absolute atomic E-state index is 12.2. The molecule has 7 heteroatoms. The molecule has 0 unspecified atom stereocenters. The van der Waals surface area contributed by atoms with Crippen LogP contribution in [0.1, 0.15) is 16.1 Å². The number of hydrogen-bond donors (Lipinski definition) is 1. The molecule has 0 aromatic carbocycles. The number of ether oxygens (including phenoxy) is 2. The van der Waals surface area contributed by atoms with Crippen LogP contribution >= 0.6 is 0 Å². The van der Waals surface area contributed by atoms with Gasteiger partial charge in [0.15, 0.2) is 0 Å². The minimum absolute atomic E-state index is 0.197. The van der Waals surface area contributed by atoms with E-state index >= 15 is 0 Å². The minimum atomic E-state index is -0.868. The summed E-state index contributed by atoms with van der Waals surface area (Å²) in [5, 5.41) is 2.62. The minimum Gasteiger partial charge on any atom is -0.481 e. The largest absolute Gasteiger partial charge is 0.481 e. The smallest absolute Gasteiger partial charge is 0.328 e. The van der Waals surface area contributed by atoms with Crippen molar-refractivity contribution in [3.05, 3.63) is 54.0 Å². The Morgan fingerprint density at radius 2 is 1.91 bits per heavy atom. The highest BCUT2D eigenvalue weighted by molar-refractivity contribution is 5.95. The maximum atomic E-state index is 12.2. The number of amides is 1. The molecule has 0 radical (unpaired) electrons. The van der Waals surface area contributed by atoms with Crippen LogP contribution in [-0.4, -0.2) is 42.1 Å².